The van der Waals surface area contributed by atoms with E-state index in [2.05, 4.69) is 47.2 Å². The summed E-state index contributed by atoms with van der Waals surface area (Å²) in [5.41, 5.74) is 2.74. The molecule has 94 valence electrons. The van der Waals surface area contributed by atoms with Crippen molar-refractivity contribution in [1.82, 2.24) is 5.32 Å². The van der Waals surface area contributed by atoms with Gasteiger partial charge in [-0.25, -0.2) is 0 Å². The van der Waals surface area contributed by atoms with Crippen LogP contribution in [0.2, 0.25) is 0 Å². The lowest BCUT2D eigenvalue weighted by Gasteiger charge is -2.21. The van der Waals surface area contributed by atoms with Gasteiger partial charge in [0.05, 0.1) is 7.11 Å². The molecule has 1 heterocycles. The Labute approximate surface area is 112 Å². The van der Waals surface area contributed by atoms with Gasteiger partial charge < -0.3 is 10.1 Å². The third-order valence-electron chi connectivity index (χ3n) is 3.37. The van der Waals surface area contributed by atoms with Crippen molar-refractivity contribution in [2.24, 2.45) is 0 Å². The van der Waals surface area contributed by atoms with E-state index in [1.807, 2.05) is 0 Å². The fourth-order valence-corrected chi connectivity index (χ4v) is 3.09. The van der Waals surface area contributed by atoms with E-state index in [0.717, 1.165) is 16.8 Å². The summed E-state index contributed by atoms with van der Waals surface area (Å²) >= 11 is 3.58. The summed E-state index contributed by atoms with van der Waals surface area (Å²) in [5, 5.41) is 3.57. The van der Waals surface area contributed by atoms with Crippen LogP contribution in [0.4, 0.5) is 0 Å². The average molecular weight is 298 g/mol. The number of nitrogens with one attached hydrogen (secondary N) is 1. The van der Waals surface area contributed by atoms with E-state index in [4.69, 9.17) is 4.74 Å². The fourth-order valence-electron chi connectivity index (χ4n) is 2.64. The smallest absolute Gasteiger partial charge is 0.123 e. The highest BCUT2D eigenvalue weighted by atomic mass is 79.9. The van der Waals surface area contributed by atoms with E-state index in [1.54, 1.807) is 7.11 Å². The normalized spacial score (nSPS) is 19.9. The molecular formula is C14H20BrNO. The van der Waals surface area contributed by atoms with Gasteiger partial charge >= 0.3 is 0 Å². The quantitative estimate of drug-likeness (QED) is 0.910. The van der Waals surface area contributed by atoms with Crippen molar-refractivity contribution in [1.29, 1.82) is 0 Å². The molecule has 0 aliphatic carbocycles. The van der Waals surface area contributed by atoms with Crippen molar-refractivity contribution in [3.8, 4) is 5.75 Å². The van der Waals surface area contributed by atoms with Gasteiger partial charge in [-0.05, 0) is 43.0 Å². The van der Waals surface area contributed by atoms with E-state index in [-0.39, 0.29) is 0 Å². The molecule has 1 N–H and O–H groups in total. The molecule has 1 saturated heterocycles. The monoisotopic (exact) mass is 297 g/mol. The molecule has 1 aromatic rings. The fraction of sp³-hybridized carbons (Fsp3) is 0.571. The van der Waals surface area contributed by atoms with Gasteiger partial charge in [0.15, 0.2) is 0 Å². The first-order valence-electron chi connectivity index (χ1n) is 6.24. The van der Waals surface area contributed by atoms with Gasteiger partial charge in [0, 0.05) is 16.1 Å². The average Bonchev–Trinajstić information content (AvgIpc) is 2.80. The number of halogens is 1. The van der Waals surface area contributed by atoms with Gasteiger partial charge in [0.2, 0.25) is 0 Å². The SMILES string of the molecule is COc1cc(Br)cc(C2CCCN2)c1C(C)C. The Hall–Kier alpha value is -0.540. The predicted octanol–water partition coefficient (Wildman–Crippen LogP) is 4.01. The number of ether oxygens (including phenoxy) is 1. The Bertz CT molecular complexity index is 397. The standard InChI is InChI=1S/C14H20BrNO/c1-9(2)14-11(12-5-4-6-16-12)7-10(15)8-13(14)17-3/h7-9,12,16H,4-6H2,1-3H3. The molecule has 0 aromatic heterocycles. The van der Waals surface area contributed by atoms with Crippen LogP contribution in [-0.2, 0) is 0 Å². The molecule has 1 aliphatic rings. The minimum absolute atomic E-state index is 0.482. The highest BCUT2D eigenvalue weighted by molar-refractivity contribution is 9.10. The first-order valence-corrected chi connectivity index (χ1v) is 7.03. The van der Waals surface area contributed by atoms with Crippen LogP contribution in [0.1, 0.15) is 49.8 Å². The maximum Gasteiger partial charge on any atom is 0.123 e. The summed E-state index contributed by atoms with van der Waals surface area (Å²) in [6, 6.07) is 4.79. The Kier molecular flexibility index (Phi) is 4.10. The van der Waals surface area contributed by atoms with Crippen LogP contribution in [-0.4, -0.2) is 13.7 Å². The molecule has 2 nitrogen and oxygen atoms in total. The van der Waals surface area contributed by atoms with Crippen molar-refractivity contribution < 1.29 is 4.74 Å². The molecule has 1 fully saturated rings. The molecule has 0 spiro atoms. The molecule has 3 heteroatoms. The van der Waals surface area contributed by atoms with E-state index < -0.39 is 0 Å². The Morgan fingerprint density at radius 3 is 2.71 bits per heavy atom. The first kappa shape index (κ1) is 12.9. The lowest BCUT2D eigenvalue weighted by atomic mass is 9.91. The lowest BCUT2D eigenvalue weighted by molar-refractivity contribution is 0.405. The largest absolute Gasteiger partial charge is 0.496 e. The van der Waals surface area contributed by atoms with Gasteiger partial charge in [-0.2, -0.15) is 0 Å². The van der Waals surface area contributed by atoms with Gasteiger partial charge in [-0.3, -0.25) is 0 Å². The van der Waals surface area contributed by atoms with Crippen LogP contribution in [0.25, 0.3) is 0 Å². The molecule has 1 atom stereocenters. The van der Waals surface area contributed by atoms with E-state index in [9.17, 15) is 0 Å². The molecule has 0 amide bonds. The van der Waals surface area contributed by atoms with Crippen LogP contribution >= 0.6 is 15.9 Å². The minimum Gasteiger partial charge on any atom is -0.496 e. The highest BCUT2D eigenvalue weighted by Crippen LogP contribution is 2.38. The summed E-state index contributed by atoms with van der Waals surface area (Å²) in [7, 11) is 1.75. The van der Waals surface area contributed by atoms with Crippen molar-refractivity contribution in [2.75, 3.05) is 13.7 Å². The third-order valence-corrected chi connectivity index (χ3v) is 3.83. The summed E-state index contributed by atoms with van der Waals surface area (Å²) in [6.07, 6.45) is 2.48. The molecule has 1 unspecified atom stereocenters. The number of hydrogen-bond acceptors (Lipinski definition) is 2. The van der Waals surface area contributed by atoms with E-state index in [0.29, 0.717) is 12.0 Å². The summed E-state index contributed by atoms with van der Waals surface area (Å²) < 4.78 is 6.63. The number of hydrogen-bond donors (Lipinski definition) is 1. The van der Waals surface area contributed by atoms with Crippen molar-refractivity contribution in [3.05, 3.63) is 27.7 Å². The highest BCUT2D eigenvalue weighted by Gasteiger charge is 2.23. The zero-order chi connectivity index (χ0) is 12.4. The third kappa shape index (κ3) is 2.66. The van der Waals surface area contributed by atoms with Crippen LogP contribution in [0.3, 0.4) is 0 Å². The zero-order valence-corrected chi connectivity index (χ0v) is 12.3. The summed E-state index contributed by atoms with van der Waals surface area (Å²) in [6.45, 7) is 5.57. The van der Waals surface area contributed by atoms with Crippen LogP contribution < -0.4 is 10.1 Å². The van der Waals surface area contributed by atoms with E-state index >= 15 is 0 Å². The molecule has 2 rings (SSSR count). The van der Waals surface area contributed by atoms with Crippen LogP contribution in [0, 0.1) is 0 Å². The lowest BCUT2D eigenvalue weighted by Crippen LogP contribution is -2.15. The van der Waals surface area contributed by atoms with Gasteiger partial charge in [-0.15, -0.1) is 0 Å². The Morgan fingerprint density at radius 1 is 1.41 bits per heavy atom. The van der Waals surface area contributed by atoms with Crippen LogP contribution in [0.15, 0.2) is 16.6 Å². The second-order valence-electron chi connectivity index (χ2n) is 4.91. The summed E-state index contributed by atoms with van der Waals surface area (Å²) in [5.74, 6) is 1.48. The first-order chi connectivity index (χ1) is 8.13. The second-order valence-corrected chi connectivity index (χ2v) is 5.83. The molecular weight excluding hydrogens is 278 g/mol. The molecule has 1 aromatic carbocycles. The summed E-state index contributed by atoms with van der Waals surface area (Å²) in [4.78, 5) is 0. The number of methoxy groups -OCH3 is 1. The molecule has 0 radical (unpaired) electrons. The van der Waals surface area contributed by atoms with Crippen molar-refractivity contribution in [2.45, 2.75) is 38.6 Å². The van der Waals surface area contributed by atoms with E-state index in [1.165, 1.54) is 24.0 Å². The second kappa shape index (κ2) is 5.40. The Balaban J connectivity index is 2.50. The molecule has 0 saturated carbocycles. The molecule has 17 heavy (non-hydrogen) atoms. The topological polar surface area (TPSA) is 21.3 Å². The van der Waals surface area contributed by atoms with Crippen molar-refractivity contribution in [3.63, 3.8) is 0 Å². The van der Waals surface area contributed by atoms with Gasteiger partial charge in [0.25, 0.3) is 0 Å². The molecule has 1 aliphatic heterocycles. The maximum absolute atomic E-state index is 5.53. The zero-order valence-electron chi connectivity index (χ0n) is 10.7. The predicted molar refractivity (Wildman–Crippen MR) is 74.8 cm³/mol. The maximum atomic E-state index is 5.53. The minimum atomic E-state index is 0.482. The Morgan fingerprint density at radius 2 is 2.18 bits per heavy atom. The number of benzene rings is 1. The number of rotatable bonds is 3. The van der Waals surface area contributed by atoms with Crippen LogP contribution in [0.5, 0.6) is 5.75 Å². The molecule has 0 bridgehead atoms. The van der Waals surface area contributed by atoms with Crippen molar-refractivity contribution >= 4 is 15.9 Å². The van der Waals surface area contributed by atoms with Gasteiger partial charge in [0.1, 0.15) is 5.75 Å². The van der Waals surface area contributed by atoms with Gasteiger partial charge in [-0.1, -0.05) is 29.8 Å².